The Morgan fingerprint density at radius 1 is 0.604 bits per heavy atom. The number of carbonyl (C=O) groups is 4. The van der Waals surface area contributed by atoms with Gasteiger partial charge >= 0.3 is 18.0 Å². The van der Waals surface area contributed by atoms with Crippen molar-refractivity contribution in [1.82, 2.24) is 15.6 Å². The second-order valence-corrected chi connectivity index (χ2v) is 11.2. The number of esters is 2. The van der Waals surface area contributed by atoms with E-state index in [0.717, 1.165) is 33.2 Å². The van der Waals surface area contributed by atoms with Crippen molar-refractivity contribution in [2.45, 2.75) is 51.2 Å². The van der Waals surface area contributed by atoms with Gasteiger partial charge in [-0.2, -0.15) is 0 Å². The summed E-state index contributed by atoms with van der Waals surface area (Å²) in [6, 6.07) is 32.8. The number of aromatic nitrogens is 1. The smallest absolute Gasteiger partial charge is 0.408 e. The molecule has 0 bridgehead atoms. The monoisotopic (exact) mass is 647 g/mol. The van der Waals surface area contributed by atoms with Crippen molar-refractivity contribution in [3.63, 3.8) is 0 Å². The van der Waals surface area contributed by atoms with E-state index in [1.165, 1.54) is 0 Å². The Bertz CT molecular complexity index is 1790. The summed E-state index contributed by atoms with van der Waals surface area (Å²) < 4.78 is 16.3. The highest BCUT2D eigenvalue weighted by atomic mass is 16.6. The zero-order valence-corrected chi connectivity index (χ0v) is 26.3. The predicted molar refractivity (Wildman–Crippen MR) is 179 cm³/mol. The van der Waals surface area contributed by atoms with Crippen LogP contribution in [0.15, 0.2) is 121 Å². The van der Waals surface area contributed by atoms with Crippen LogP contribution in [0.2, 0.25) is 0 Å². The van der Waals surface area contributed by atoms with E-state index in [4.69, 9.17) is 14.2 Å². The molecule has 5 aromatic rings. The van der Waals surface area contributed by atoms with Crippen molar-refractivity contribution in [2.75, 3.05) is 0 Å². The minimum atomic E-state index is -1.20. The van der Waals surface area contributed by atoms with Gasteiger partial charge in [0, 0.05) is 29.9 Å². The van der Waals surface area contributed by atoms with Crippen LogP contribution in [0, 0.1) is 0 Å². The van der Waals surface area contributed by atoms with Gasteiger partial charge in [0.05, 0.1) is 0 Å². The van der Waals surface area contributed by atoms with Crippen LogP contribution < -0.4 is 10.6 Å². The summed E-state index contributed by atoms with van der Waals surface area (Å²) in [7, 11) is 0. The Labute approximate surface area is 278 Å². The molecule has 10 nitrogen and oxygen atoms in total. The van der Waals surface area contributed by atoms with Crippen LogP contribution in [0.1, 0.15) is 35.1 Å². The summed E-state index contributed by atoms with van der Waals surface area (Å²) in [5, 5.41) is 6.27. The van der Waals surface area contributed by atoms with Crippen LogP contribution in [0.4, 0.5) is 4.79 Å². The minimum absolute atomic E-state index is 0.00757. The van der Waals surface area contributed by atoms with Crippen molar-refractivity contribution < 1.29 is 33.4 Å². The van der Waals surface area contributed by atoms with E-state index in [-0.39, 0.29) is 39.1 Å². The molecular weight excluding hydrogens is 610 g/mol. The molecule has 0 aliphatic rings. The van der Waals surface area contributed by atoms with Crippen LogP contribution in [-0.2, 0) is 54.8 Å². The molecule has 1 heterocycles. The summed E-state index contributed by atoms with van der Waals surface area (Å²) in [5.41, 5.74) is 4.02. The Morgan fingerprint density at radius 2 is 1.15 bits per heavy atom. The fourth-order valence-corrected chi connectivity index (χ4v) is 5.06. The van der Waals surface area contributed by atoms with Gasteiger partial charge in [-0.15, -0.1) is 0 Å². The van der Waals surface area contributed by atoms with Gasteiger partial charge in [-0.25, -0.2) is 9.59 Å². The molecule has 0 aliphatic heterocycles. The zero-order chi connectivity index (χ0) is 33.6. The number of alkyl carbamates (subject to hydrolysis) is 1. The first kappa shape index (κ1) is 33.5. The standard InChI is InChI=1S/C38H37N3O7/c42-35(46-24-27-12-4-1-5-13-27)21-20-33(37(44)47-25-28-14-6-2-7-15-28)40-36(43)34(22-30-23-39-32-19-11-10-18-31(30)32)41-38(45)48-26-29-16-8-3-9-17-29/h1-19,23,33-34,39H,20-22,24-26H2,(H,40,43)(H,41,45)/t33-,34-/m0/s1. The Morgan fingerprint density at radius 3 is 1.77 bits per heavy atom. The summed E-state index contributed by atoms with van der Waals surface area (Å²) in [4.78, 5) is 55.9. The van der Waals surface area contributed by atoms with Gasteiger partial charge in [-0.05, 0) is 34.7 Å². The third-order valence-corrected chi connectivity index (χ3v) is 7.62. The first-order valence-corrected chi connectivity index (χ1v) is 15.7. The summed E-state index contributed by atoms with van der Waals surface area (Å²) in [6.07, 6.45) is 0.840. The highest BCUT2D eigenvalue weighted by molar-refractivity contribution is 5.91. The summed E-state index contributed by atoms with van der Waals surface area (Å²) in [6.45, 7) is 0.0673. The number of hydrogen-bond acceptors (Lipinski definition) is 7. The van der Waals surface area contributed by atoms with Gasteiger partial charge in [0.2, 0.25) is 5.91 Å². The number of carbonyl (C=O) groups excluding carboxylic acids is 4. The maximum absolute atomic E-state index is 13.8. The second-order valence-electron chi connectivity index (χ2n) is 11.2. The lowest BCUT2D eigenvalue weighted by molar-refractivity contribution is -0.150. The fourth-order valence-electron chi connectivity index (χ4n) is 5.06. The third kappa shape index (κ3) is 10.1. The third-order valence-electron chi connectivity index (χ3n) is 7.62. The fraction of sp³-hybridized carbons (Fsp3) is 0.211. The van der Waals surface area contributed by atoms with Crippen molar-refractivity contribution in [2.24, 2.45) is 0 Å². The molecule has 0 saturated carbocycles. The number of amides is 2. The first-order valence-electron chi connectivity index (χ1n) is 15.7. The molecule has 10 heteroatoms. The van der Waals surface area contributed by atoms with E-state index in [1.807, 2.05) is 115 Å². The van der Waals surface area contributed by atoms with Crippen LogP contribution in [-0.4, -0.2) is 41.0 Å². The number of H-pyrrole nitrogens is 1. The van der Waals surface area contributed by atoms with Crippen molar-refractivity contribution in [1.29, 1.82) is 0 Å². The number of aromatic amines is 1. The van der Waals surface area contributed by atoms with E-state index in [1.54, 1.807) is 6.20 Å². The largest absolute Gasteiger partial charge is 0.461 e. The van der Waals surface area contributed by atoms with Gasteiger partial charge in [0.1, 0.15) is 31.9 Å². The molecule has 2 amide bonds. The SMILES string of the molecule is O=C(CC[C@H](NC(=O)[C@H](Cc1c[nH]c2ccccc12)NC(=O)OCc1ccccc1)C(=O)OCc1ccccc1)OCc1ccccc1. The van der Waals surface area contributed by atoms with Gasteiger partial charge < -0.3 is 29.8 Å². The molecule has 0 fully saturated rings. The van der Waals surface area contributed by atoms with Gasteiger partial charge in [-0.1, -0.05) is 109 Å². The Kier molecular flexibility index (Phi) is 11.9. The lowest BCUT2D eigenvalue weighted by Crippen LogP contribution is -2.53. The lowest BCUT2D eigenvalue weighted by Gasteiger charge is -2.22. The molecule has 0 saturated heterocycles. The second kappa shape index (κ2) is 17.1. The number of hydrogen-bond donors (Lipinski definition) is 3. The highest BCUT2D eigenvalue weighted by Gasteiger charge is 2.30. The van der Waals surface area contributed by atoms with Crippen molar-refractivity contribution in [3.8, 4) is 0 Å². The van der Waals surface area contributed by atoms with E-state index in [2.05, 4.69) is 15.6 Å². The molecule has 2 atom stereocenters. The molecule has 4 aromatic carbocycles. The van der Waals surface area contributed by atoms with Gasteiger partial charge in [0.15, 0.2) is 0 Å². The normalized spacial score (nSPS) is 12.0. The molecule has 0 spiro atoms. The quantitative estimate of drug-likeness (QED) is 0.0972. The summed E-state index contributed by atoms with van der Waals surface area (Å²) >= 11 is 0. The Balaban J connectivity index is 1.29. The van der Waals surface area contributed by atoms with Crippen LogP contribution in [0.3, 0.4) is 0 Å². The minimum Gasteiger partial charge on any atom is -0.461 e. The molecule has 0 unspecified atom stereocenters. The number of benzene rings is 4. The molecule has 48 heavy (non-hydrogen) atoms. The number of rotatable bonds is 15. The van der Waals surface area contributed by atoms with Crippen LogP contribution in [0.25, 0.3) is 10.9 Å². The molecule has 5 rings (SSSR count). The molecule has 0 radical (unpaired) electrons. The molecule has 246 valence electrons. The average Bonchev–Trinajstić information content (AvgIpc) is 3.54. The summed E-state index contributed by atoms with van der Waals surface area (Å²) in [5.74, 6) is -1.90. The first-order chi connectivity index (χ1) is 23.4. The van der Waals surface area contributed by atoms with Crippen molar-refractivity contribution >= 4 is 34.8 Å². The highest BCUT2D eigenvalue weighted by Crippen LogP contribution is 2.20. The lowest BCUT2D eigenvalue weighted by atomic mass is 10.0. The number of para-hydroxylation sites is 1. The van der Waals surface area contributed by atoms with Crippen molar-refractivity contribution in [3.05, 3.63) is 144 Å². The van der Waals surface area contributed by atoms with Crippen LogP contribution in [0.5, 0.6) is 0 Å². The number of nitrogens with one attached hydrogen (secondary N) is 3. The zero-order valence-electron chi connectivity index (χ0n) is 26.3. The predicted octanol–water partition coefficient (Wildman–Crippen LogP) is 5.76. The number of fused-ring (bicyclic) bond motifs is 1. The molecule has 0 aliphatic carbocycles. The van der Waals surface area contributed by atoms with E-state index < -0.39 is 36.0 Å². The van der Waals surface area contributed by atoms with E-state index >= 15 is 0 Å². The van der Waals surface area contributed by atoms with Gasteiger partial charge in [-0.3, -0.25) is 9.59 Å². The topological polar surface area (TPSA) is 136 Å². The van der Waals surface area contributed by atoms with Crippen LogP contribution >= 0.6 is 0 Å². The van der Waals surface area contributed by atoms with E-state index in [9.17, 15) is 19.2 Å². The van der Waals surface area contributed by atoms with Gasteiger partial charge in [0.25, 0.3) is 0 Å². The maximum atomic E-state index is 13.8. The molecule has 3 N–H and O–H groups in total. The number of ether oxygens (including phenoxy) is 3. The average molecular weight is 648 g/mol. The Hall–Kier alpha value is -5.90. The molecule has 1 aromatic heterocycles. The maximum Gasteiger partial charge on any atom is 0.408 e. The van der Waals surface area contributed by atoms with E-state index in [0.29, 0.717) is 0 Å². The molecular formula is C38H37N3O7.